The Balaban J connectivity index is 1.94. The number of nitrogens with zero attached hydrogens (tertiary/aromatic N) is 2. The van der Waals surface area contributed by atoms with E-state index in [0.717, 1.165) is 11.1 Å². The van der Waals surface area contributed by atoms with Crippen molar-refractivity contribution in [3.05, 3.63) is 50.1 Å². The van der Waals surface area contributed by atoms with E-state index in [1.165, 1.54) is 12.3 Å². The topological polar surface area (TPSA) is 86.5 Å². The molecule has 0 radical (unpaired) electrons. The number of aryl methyl sites for hydroxylation is 1. The molecule has 0 amide bonds. The molecule has 114 valence electrons. The Hall–Kier alpha value is -2.22. The van der Waals surface area contributed by atoms with Crippen molar-refractivity contribution in [1.82, 2.24) is 20.2 Å². The van der Waals surface area contributed by atoms with Crippen LogP contribution in [-0.2, 0) is 0 Å². The fourth-order valence-corrected chi connectivity index (χ4v) is 2.78. The summed E-state index contributed by atoms with van der Waals surface area (Å²) in [6, 6.07) is 2.95. The van der Waals surface area contributed by atoms with E-state index >= 15 is 0 Å². The normalized spacial score (nSPS) is 12.5. The summed E-state index contributed by atoms with van der Waals surface area (Å²) in [5.74, 6) is -0.0308. The molecule has 0 unspecified atom stereocenters. The van der Waals surface area contributed by atoms with Gasteiger partial charge in [0, 0.05) is 0 Å². The Morgan fingerprint density at radius 2 is 2.18 bits per heavy atom. The van der Waals surface area contributed by atoms with Crippen LogP contribution in [0, 0.1) is 12.7 Å². The summed E-state index contributed by atoms with van der Waals surface area (Å²) in [4.78, 5) is 18.8. The first kappa shape index (κ1) is 14.7. The van der Waals surface area contributed by atoms with Crippen LogP contribution in [0.25, 0.3) is 11.0 Å². The standard InChI is InChI=1S/C14H13BrFN5O/c1-6-3-10(15)11(16)4-8(6)7(2)18-14-19-12-9(5-17-21-12)13(22)20-14/h3-5,7H,1-2H3,(H3,17,18,19,20,21,22)/t7-/m0/s1. The number of H-pyrrole nitrogens is 2. The fourth-order valence-electron chi connectivity index (χ4n) is 2.32. The Bertz CT molecular complexity index is 904. The Morgan fingerprint density at radius 1 is 1.41 bits per heavy atom. The summed E-state index contributed by atoms with van der Waals surface area (Å²) in [6.07, 6.45) is 1.42. The number of fused-ring (bicyclic) bond motifs is 1. The predicted molar refractivity (Wildman–Crippen MR) is 85.4 cm³/mol. The first-order valence-corrected chi connectivity index (χ1v) is 7.40. The molecule has 3 N–H and O–H groups in total. The van der Waals surface area contributed by atoms with E-state index in [9.17, 15) is 9.18 Å². The van der Waals surface area contributed by atoms with Crippen LogP contribution in [0.5, 0.6) is 0 Å². The Labute approximate surface area is 133 Å². The minimum atomic E-state index is -0.334. The monoisotopic (exact) mass is 365 g/mol. The van der Waals surface area contributed by atoms with E-state index in [1.54, 1.807) is 6.07 Å². The summed E-state index contributed by atoms with van der Waals surface area (Å²) < 4.78 is 14.2. The lowest BCUT2D eigenvalue weighted by atomic mass is 10.0. The zero-order valence-electron chi connectivity index (χ0n) is 11.9. The van der Waals surface area contributed by atoms with Crippen molar-refractivity contribution in [3.8, 4) is 0 Å². The van der Waals surface area contributed by atoms with Crippen LogP contribution in [0.4, 0.5) is 10.3 Å². The van der Waals surface area contributed by atoms with E-state index in [4.69, 9.17) is 0 Å². The van der Waals surface area contributed by atoms with Crippen LogP contribution in [0.2, 0.25) is 0 Å². The highest BCUT2D eigenvalue weighted by atomic mass is 79.9. The quantitative estimate of drug-likeness (QED) is 0.665. The molecule has 0 aliphatic heterocycles. The van der Waals surface area contributed by atoms with Crippen LogP contribution in [-0.4, -0.2) is 20.2 Å². The lowest BCUT2D eigenvalue weighted by Gasteiger charge is -2.17. The van der Waals surface area contributed by atoms with Gasteiger partial charge in [-0.05, 0) is 53.0 Å². The largest absolute Gasteiger partial charge is 0.349 e. The third kappa shape index (κ3) is 2.61. The van der Waals surface area contributed by atoms with Gasteiger partial charge in [-0.25, -0.2) is 4.39 Å². The van der Waals surface area contributed by atoms with E-state index in [0.29, 0.717) is 21.5 Å². The van der Waals surface area contributed by atoms with E-state index in [1.807, 2.05) is 13.8 Å². The van der Waals surface area contributed by atoms with Gasteiger partial charge in [0.25, 0.3) is 5.56 Å². The number of aromatic amines is 2. The van der Waals surface area contributed by atoms with Gasteiger partial charge in [0.05, 0.1) is 16.7 Å². The first-order valence-electron chi connectivity index (χ1n) is 6.61. The van der Waals surface area contributed by atoms with Crippen LogP contribution < -0.4 is 10.9 Å². The van der Waals surface area contributed by atoms with Crippen molar-refractivity contribution in [3.63, 3.8) is 0 Å². The zero-order chi connectivity index (χ0) is 15.9. The molecule has 2 aromatic heterocycles. The van der Waals surface area contributed by atoms with Crippen molar-refractivity contribution >= 4 is 32.9 Å². The van der Waals surface area contributed by atoms with E-state index in [2.05, 4.69) is 41.4 Å². The van der Waals surface area contributed by atoms with Gasteiger partial charge in [-0.15, -0.1) is 0 Å². The summed E-state index contributed by atoms with van der Waals surface area (Å²) in [5.41, 5.74) is 1.83. The third-order valence-electron chi connectivity index (χ3n) is 3.45. The average Bonchev–Trinajstić information content (AvgIpc) is 2.91. The number of rotatable bonds is 3. The summed E-state index contributed by atoms with van der Waals surface area (Å²) >= 11 is 3.16. The van der Waals surface area contributed by atoms with Crippen LogP contribution in [0.3, 0.4) is 0 Å². The molecular formula is C14H13BrFN5O. The van der Waals surface area contributed by atoms with Crippen molar-refractivity contribution in [1.29, 1.82) is 0 Å². The second-order valence-electron chi connectivity index (χ2n) is 5.04. The smallest absolute Gasteiger partial charge is 0.263 e. The minimum absolute atomic E-state index is 0.230. The van der Waals surface area contributed by atoms with Crippen LogP contribution >= 0.6 is 15.9 Å². The van der Waals surface area contributed by atoms with Gasteiger partial charge in [0.15, 0.2) is 5.65 Å². The number of nitrogens with one attached hydrogen (secondary N) is 3. The highest BCUT2D eigenvalue weighted by molar-refractivity contribution is 9.10. The molecule has 0 spiro atoms. The number of anilines is 1. The number of hydrogen-bond acceptors (Lipinski definition) is 4. The van der Waals surface area contributed by atoms with Gasteiger partial charge in [-0.3, -0.25) is 14.9 Å². The second kappa shape index (κ2) is 5.53. The highest BCUT2D eigenvalue weighted by Crippen LogP contribution is 2.26. The Kier molecular flexibility index (Phi) is 3.69. The predicted octanol–water partition coefficient (Wildman–Crippen LogP) is 3.03. The van der Waals surface area contributed by atoms with Crippen LogP contribution in [0.15, 0.2) is 27.6 Å². The molecule has 0 saturated carbocycles. The van der Waals surface area contributed by atoms with Crippen molar-refractivity contribution in [2.24, 2.45) is 0 Å². The van der Waals surface area contributed by atoms with Gasteiger partial charge in [0.1, 0.15) is 11.2 Å². The van der Waals surface area contributed by atoms with Gasteiger partial charge < -0.3 is 5.32 Å². The van der Waals surface area contributed by atoms with Crippen LogP contribution in [0.1, 0.15) is 24.1 Å². The second-order valence-corrected chi connectivity index (χ2v) is 5.89. The molecule has 0 bridgehead atoms. The van der Waals surface area contributed by atoms with Gasteiger partial charge in [0.2, 0.25) is 5.95 Å². The molecule has 0 aliphatic rings. The first-order chi connectivity index (χ1) is 10.5. The van der Waals surface area contributed by atoms with Gasteiger partial charge in [-0.2, -0.15) is 10.1 Å². The number of benzene rings is 1. The van der Waals surface area contributed by atoms with Gasteiger partial charge in [-0.1, -0.05) is 0 Å². The molecule has 0 aliphatic carbocycles. The summed E-state index contributed by atoms with van der Waals surface area (Å²) in [7, 11) is 0. The highest BCUT2D eigenvalue weighted by Gasteiger charge is 2.14. The minimum Gasteiger partial charge on any atom is -0.349 e. The Morgan fingerprint density at radius 3 is 2.95 bits per heavy atom. The zero-order valence-corrected chi connectivity index (χ0v) is 13.5. The molecular weight excluding hydrogens is 353 g/mol. The SMILES string of the molecule is Cc1cc(Br)c(F)cc1[C@H](C)Nc1nc2[nH]ncc2c(=O)[nH]1. The van der Waals surface area contributed by atoms with E-state index in [-0.39, 0.29) is 17.4 Å². The lowest BCUT2D eigenvalue weighted by molar-refractivity contribution is 0.616. The molecule has 2 heterocycles. The summed E-state index contributed by atoms with van der Waals surface area (Å²) in [6.45, 7) is 3.76. The average molecular weight is 366 g/mol. The molecule has 6 nitrogen and oxygen atoms in total. The number of hydrogen-bond donors (Lipinski definition) is 3. The van der Waals surface area contributed by atoms with Gasteiger partial charge >= 0.3 is 0 Å². The van der Waals surface area contributed by atoms with Crippen molar-refractivity contribution in [2.45, 2.75) is 19.9 Å². The summed E-state index contributed by atoms with van der Waals surface area (Å²) in [5, 5.41) is 9.91. The maximum Gasteiger partial charge on any atom is 0.263 e. The maximum atomic E-state index is 13.7. The third-order valence-corrected chi connectivity index (χ3v) is 4.06. The molecule has 3 rings (SSSR count). The molecule has 3 aromatic rings. The molecule has 1 atom stereocenters. The molecule has 22 heavy (non-hydrogen) atoms. The lowest BCUT2D eigenvalue weighted by Crippen LogP contribution is -2.16. The molecule has 0 saturated heterocycles. The molecule has 0 fully saturated rings. The number of halogens is 2. The molecule has 8 heteroatoms. The number of aromatic nitrogens is 4. The van der Waals surface area contributed by atoms with Crippen molar-refractivity contribution in [2.75, 3.05) is 5.32 Å². The fraction of sp³-hybridized carbons (Fsp3) is 0.214. The van der Waals surface area contributed by atoms with Crippen molar-refractivity contribution < 1.29 is 4.39 Å². The maximum absolute atomic E-state index is 13.7. The van der Waals surface area contributed by atoms with E-state index < -0.39 is 0 Å². The molecule has 1 aromatic carbocycles.